The Morgan fingerprint density at radius 1 is 1.50 bits per heavy atom. The van der Waals surface area contributed by atoms with Crippen LogP contribution in [0.4, 0.5) is 11.5 Å². The van der Waals surface area contributed by atoms with Crippen LogP contribution in [0.2, 0.25) is 0 Å². The summed E-state index contributed by atoms with van der Waals surface area (Å²) >= 11 is 0. The van der Waals surface area contributed by atoms with Crippen molar-refractivity contribution in [3.05, 3.63) is 17.8 Å². The van der Waals surface area contributed by atoms with Gasteiger partial charge in [-0.25, -0.2) is 9.78 Å². The van der Waals surface area contributed by atoms with E-state index in [9.17, 15) is 4.79 Å². The summed E-state index contributed by atoms with van der Waals surface area (Å²) in [7, 11) is 3.03. The van der Waals surface area contributed by atoms with Gasteiger partial charge in [0.2, 0.25) is 0 Å². The number of carbonyl (C=O) groups excluding carboxylic acids is 1. The third kappa shape index (κ3) is 2.53. The zero-order valence-corrected chi connectivity index (χ0v) is 10.5. The van der Waals surface area contributed by atoms with Crippen LogP contribution in [-0.2, 0) is 9.47 Å². The second-order valence-electron chi connectivity index (χ2n) is 4.32. The highest BCUT2D eigenvalue weighted by Crippen LogP contribution is 2.26. The van der Waals surface area contributed by atoms with E-state index in [1.165, 1.54) is 13.3 Å². The first-order valence-electron chi connectivity index (χ1n) is 5.77. The molecule has 6 nitrogen and oxygen atoms in total. The van der Waals surface area contributed by atoms with Crippen LogP contribution in [0.25, 0.3) is 0 Å². The minimum atomic E-state index is -0.457. The maximum absolute atomic E-state index is 11.5. The number of nitrogens with zero attached hydrogens (tertiary/aromatic N) is 1. The van der Waals surface area contributed by atoms with Gasteiger partial charge in [0, 0.05) is 13.2 Å². The lowest BCUT2D eigenvalue weighted by molar-refractivity contribution is 0.0327. The summed E-state index contributed by atoms with van der Waals surface area (Å²) in [5, 5.41) is 3.23. The first-order valence-corrected chi connectivity index (χ1v) is 5.77. The normalized spacial score (nSPS) is 22.1. The van der Waals surface area contributed by atoms with Gasteiger partial charge in [-0.15, -0.1) is 0 Å². The Bertz CT molecular complexity index is 444. The van der Waals surface area contributed by atoms with Crippen molar-refractivity contribution in [2.75, 3.05) is 25.3 Å². The molecule has 1 aliphatic rings. The highest BCUT2D eigenvalue weighted by atomic mass is 16.5. The van der Waals surface area contributed by atoms with E-state index in [4.69, 9.17) is 10.5 Å². The summed E-state index contributed by atoms with van der Waals surface area (Å²) in [5.41, 5.74) is 6.32. The first-order chi connectivity index (χ1) is 8.63. The molecule has 1 aliphatic carbocycles. The van der Waals surface area contributed by atoms with Crippen LogP contribution in [0.1, 0.15) is 23.2 Å². The zero-order valence-electron chi connectivity index (χ0n) is 10.5. The van der Waals surface area contributed by atoms with Crippen molar-refractivity contribution < 1.29 is 14.3 Å². The molecule has 0 spiro atoms. The zero-order chi connectivity index (χ0) is 13.1. The Balaban J connectivity index is 2.04. The number of nitrogens with one attached hydrogen (secondary N) is 1. The van der Waals surface area contributed by atoms with Crippen molar-refractivity contribution in [1.82, 2.24) is 4.98 Å². The van der Waals surface area contributed by atoms with Gasteiger partial charge >= 0.3 is 5.97 Å². The molecule has 0 amide bonds. The fourth-order valence-electron chi connectivity index (χ4n) is 1.92. The minimum Gasteiger partial charge on any atom is -0.465 e. The van der Waals surface area contributed by atoms with Gasteiger partial charge in [0.25, 0.3) is 0 Å². The molecule has 1 heterocycles. The van der Waals surface area contributed by atoms with Crippen molar-refractivity contribution in [3.63, 3.8) is 0 Å². The summed E-state index contributed by atoms with van der Waals surface area (Å²) < 4.78 is 9.86. The number of nitrogen functional groups attached to an aromatic ring is 1. The van der Waals surface area contributed by atoms with Gasteiger partial charge in [-0.3, -0.25) is 0 Å². The molecule has 1 aromatic heterocycles. The number of hydrogen-bond donors (Lipinski definition) is 2. The molecule has 1 fully saturated rings. The standard InChI is InChI=1S/C12H17N3O3/c1-17-8-3-7(4-8)15-11-5-9(12(16)18-2)10(13)6-14-11/h5-8H,3-4,13H2,1-2H3,(H,14,15). The number of esters is 1. The van der Waals surface area contributed by atoms with E-state index < -0.39 is 5.97 Å². The number of ether oxygens (including phenoxy) is 2. The van der Waals surface area contributed by atoms with E-state index in [0.717, 1.165) is 12.8 Å². The highest BCUT2D eigenvalue weighted by molar-refractivity contribution is 5.95. The number of pyridine rings is 1. The van der Waals surface area contributed by atoms with E-state index in [1.807, 2.05) is 0 Å². The number of rotatable bonds is 4. The van der Waals surface area contributed by atoms with E-state index in [2.05, 4.69) is 15.0 Å². The lowest BCUT2D eigenvalue weighted by Crippen LogP contribution is -2.40. The Hall–Kier alpha value is -1.82. The van der Waals surface area contributed by atoms with Gasteiger partial charge in [0.05, 0.1) is 30.7 Å². The number of carbonyl (C=O) groups is 1. The third-order valence-corrected chi connectivity index (χ3v) is 3.12. The molecular formula is C12H17N3O3. The van der Waals surface area contributed by atoms with Crippen LogP contribution in [0.15, 0.2) is 12.3 Å². The van der Waals surface area contributed by atoms with E-state index in [1.54, 1.807) is 13.2 Å². The molecule has 2 rings (SSSR count). The molecule has 18 heavy (non-hydrogen) atoms. The number of nitrogens with two attached hydrogens (primary N) is 1. The van der Waals surface area contributed by atoms with E-state index in [0.29, 0.717) is 29.2 Å². The summed E-state index contributed by atoms with van der Waals surface area (Å²) in [6, 6.07) is 1.94. The molecule has 6 heteroatoms. The van der Waals surface area contributed by atoms with Gasteiger partial charge < -0.3 is 20.5 Å². The van der Waals surface area contributed by atoms with Gasteiger partial charge in [-0.2, -0.15) is 0 Å². The Kier molecular flexibility index (Phi) is 3.66. The van der Waals surface area contributed by atoms with Crippen molar-refractivity contribution in [3.8, 4) is 0 Å². The molecule has 98 valence electrons. The topological polar surface area (TPSA) is 86.5 Å². The van der Waals surface area contributed by atoms with Crippen LogP contribution in [0.3, 0.4) is 0 Å². The Labute approximate surface area is 105 Å². The van der Waals surface area contributed by atoms with Crippen LogP contribution < -0.4 is 11.1 Å². The number of aromatic nitrogens is 1. The summed E-state index contributed by atoms with van der Waals surface area (Å²) in [6.45, 7) is 0. The van der Waals surface area contributed by atoms with Crippen LogP contribution >= 0.6 is 0 Å². The van der Waals surface area contributed by atoms with Gasteiger partial charge in [0.15, 0.2) is 0 Å². The molecule has 0 unspecified atom stereocenters. The quantitative estimate of drug-likeness (QED) is 0.777. The minimum absolute atomic E-state index is 0.316. The SMILES string of the molecule is COC(=O)c1cc(NC2CC(OC)C2)ncc1N. The van der Waals surface area contributed by atoms with Crippen LogP contribution in [-0.4, -0.2) is 37.3 Å². The van der Waals surface area contributed by atoms with Crippen molar-refractivity contribution in [2.24, 2.45) is 0 Å². The Morgan fingerprint density at radius 2 is 2.22 bits per heavy atom. The van der Waals surface area contributed by atoms with Crippen molar-refractivity contribution in [1.29, 1.82) is 0 Å². The monoisotopic (exact) mass is 251 g/mol. The highest BCUT2D eigenvalue weighted by Gasteiger charge is 2.29. The molecule has 0 atom stereocenters. The van der Waals surface area contributed by atoms with Crippen molar-refractivity contribution >= 4 is 17.5 Å². The van der Waals surface area contributed by atoms with Crippen LogP contribution in [0.5, 0.6) is 0 Å². The molecule has 0 saturated heterocycles. The molecule has 1 aromatic rings. The molecule has 0 aromatic carbocycles. The maximum Gasteiger partial charge on any atom is 0.340 e. The van der Waals surface area contributed by atoms with Gasteiger partial charge in [-0.05, 0) is 18.9 Å². The molecule has 3 N–H and O–H groups in total. The predicted octanol–water partition coefficient (Wildman–Crippen LogP) is 1.04. The lowest BCUT2D eigenvalue weighted by atomic mass is 9.89. The first kappa shape index (κ1) is 12.6. The third-order valence-electron chi connectivity index (χ3n) is 3.12. The molecule has 0 aliphatic heterocycles. The summed E-state index contributed by atoms with van der Waals surface area (Å²) in [4.78, 5) is 15.6. The van der Waals surface area contributed by atoms with Crippen molar-refractivity contribution in [2.45, 2.75) is 25.0 Å². The lowest BCUT2D eigenvalue weighted by Gasteiger charge is -2.34. The molecular weight excluding hydrogens is 234 g/mol. The van der Waals surface area contributed by atoms with Crippen LogP contribution in [0, 0.1) is 0 Å². The fourth-order valence-corrected chi connectivity index (χ4v) is 1.92. The smallest absolute Gasteiger partial charge is 0.340 e. The average Bonchev–Trinajstić information content (AvgIpc) is 2.34. The van der Waals surface area contributed by atoms with Gasteiger partial charge in [-0.1, -0.05) is 0 Å². The van der Waals surface area contributed by atoms with E-state index in [-0.39, 0.29) is 0 Å². The number of hydrogen-bond acceptors (Lipinski definition) is 6. The Morgan fingerprint density at radius 3 is 2.83 bits per heavy atom. The summed E-state index contributed by atoms with van der Waals surface area (Å²) in [5.74, 6) is 0.172. The second-order valence-corrected chi connectivity index (χ2v) is 4.32. The number of anilines is 2. The fraction of sp³-hybridized carbons (Fsp3) is 0.500. The van der Waals surface area contributed by atoms with E-state index >= 15 is 0 Å². The van der Waals surface area contributed by atoms with Gasteiger partial charge in [0.1, 0.15) is 5.82 Å². The predicted molar refractivity (Wildman–Crippen MR) is 67.4 cm³/mol. The summed E-state index contributed by atoms with van der Waals surface area (Å²) in [6.07, 6.45) is 3.66. The molecule has 0 radical (unpaired) electrons. The average molecular weight is 251 g/mol. The second kappa shape index (κ2) is 5.22. The number of methoxy groups -OCH3 is 2. The molecule has 1 saturated carbocycles. The molecule has 0 bridgehead atoms. The largest absolute Gasteiger partial charge is 0.465 e. The maximum atomic E-state index is 11.5.